The first-order chi connectivity index (χ1) is 6.86. The lowest BCUT2D eigenvalue weighted by Gasteiger charge is -2.06. The molecule has 0 aromatic carbocycles. The molecule has 0 unspecified atom stereocenters. The molecule has 1 aliphatic carbocycles. The molecule has 0 aliphatic heterocycles. The molecule has 4 nitrogen and oxygen atoms in total. The smallest absolute Gasteiger partial charge is 0.117 e. The van der Waals surface area contributed by atoms with E-state index in [1.54, 1.807) is 23.2 Å². The van der Waals surface area contributed by atoms with Crippen molar-refractivity contribution in [2.24, 2.45) is 0 Å². The number of hydrogen-bond acceptors (Lipinski definition) is 3. The van der Waals surface area contributed by atoms with Crippen molar-refractivity contribution in [3.63, 3.8) is 0 Å². The Balaban J connectivity index is 2.32. The van der Waals surface area contributed by atoms with E-state index in [1.165, 1.54) is 0 Å². The molecule has 0 radical (unpaired) electrons. The SMILES string of the molecule is N#CC1(c2ccnn3cncc23)CC1. The standard InChI is InChI=1S/C10H8N4/c11-6-10(2-3-10)8-1-4-13-14-7-12-5-9(8)14/h1,4-5,7H,2-3H2. The topological polar surface area (TPSA) is 54.0 Å². The molecule has 4 heteroatoms. The number of hydrogen-bond donors (Lipinski definition) is 0. The monoisotopic (exact) mass is 184 g/mol. The van der Waals surface area contributed by atoms with E-state index in [-0.39, 0.29) is 5.41 Å². The summed E-state index contributed by atoms with van der Waals surface area (Å²) in [5, 5.41) is 13.2. The molecule has 0 saturated heterocycles. The second-order valence-corrected chi connectivity index (χ2v) is 3.66. The number of aromatic nitrogens is 3. The van der Waals surface area contributed by atoms with E-state index in [0.29, 0.717) is 0 Å². The fraction of sp³-hybridized carbons (Fsp3) is 0.300. The van der Waals surface area contributed by atoms with E-state index in [1.807, 2.05) is 6.07 Å². The van der Waals surface area contributed by atoms with Crippen molar-refractivity contribution in [2.75, 3.05) is 0 Å². The molecule has 14 heavy (non-hydrogen) atoms. The van der Waals surface area contributed by atoms with Gasteiger partial charge in [-0.3, -0.25) is 0 Å². The van der Waals surface area contributed by atoms with Crippen LogP contribution in [0.25, 0.3) is 5.52 Å². The van der Waals surface area contributed by atoms with Gasteiger partial charge in [0.15, 0.2) is 0 Å². The Kier molecular flexibility index (Phi) is 1.25. The Morgan fingerprint density at radius 2 is 2.36 bits per heavy atom. The van der Waals surface area contributed by atoms with Crippen molar-refractivity contribution in [3.05, 3.63) is 30.4 Å². The maximum atomic E-state index is 9.11. The van der Waals surface area contributed by atoms with Crippen LogP contribution in [-0.2, 0) is 5.41 Å². The highest BCUT2D eigenvalue weighted by Crippen LogP contribution is 2.48. The van der Waals surface area contributed by atoms with E-state index in [4.69, 9.17) is 5.26 Å². The third kappa shape index (κ3) is 0.814. The molecule has 1 aliphatic rings. The zero-order chi connectivity index (χ0) is 9.60. The van der Waals surface area contributed by atoms with Gasteiger partial charge < -0.3 is 0 Å². The summed E-state index contributed by atoms with van der Waals surface area (Å²) in [5.74, 6) is 0. The molecule has 3 rings (SSSR count). The zero-order valence-electron chi connectivity index (χ0n) is 7.51. The predicted molar refractivity (Wildman–Crippen MR) is 49.5 cm³/mol. The van der Waals surface area contributed by atoms with Crippen LogP contribution in [0.15, 0.2) is 24.8 Å². The van der Waals surface area contributed by atoms with E-state index < -0.39 is 0 Å². The predicted octanol–water partition coefficient (Wildman–Crippen LogP) is 1.28. The number of fused-ring (bicyclic) bond motifs is 1. The minimum atomic E-state index is -0.260. The van der Waals surface area contributed by atoms with Crippen molar-refractivity contribution >= 4 is 5.52 Å². The molecule has 0 atom stereocenters. The molecule has 0 bridgehead atoms. The van der Waals surface area contributed by atoms with Crippen LogP contribution in [0.5, 0.6) is 0 Å². The van der Waals surface area contributed by atoms with Crippen LogP contribution in [0.4, 0.5) is 0 Å². The first-order valence-corrected chi connectivity index (χ1v) is 4.55. The van der Waals surface area contributed by atoms with E-state index in [0.717, 1.165) is 23.9 Å². The van der Waals surface area contributed by atoms with Gasteiger partial charge in [-0.1, -0.05) is 0 Å². The first kappa shape index (κ1) is 7.51. The van der Waals surface area contributed by atoms with Gasteiger partial charge in [0.05, 0.1) is 23.2 Å². The van der Waals surface area contributed by atoms with Crippen LogP contribution >= 0.6 is 0 Å². The summed E-state index contributed by atoms with van der Waals surface area (Å²) in [6.07, 6.45) is 7.05. The maximum absolute atomic E-state index is 9.11. The Morgan fingerprint density at radius 3 is 3.07 bits per heavy atom. The molecule has 2 aromatic heterocycles. The third-order valence-corrected chi connectivity index (χ3v) is 2.81. The first-order valence-electron chi connectivity index (χ1n) is 4.55. The van der Waals surface area contributed by atoms with Crippen LogP contribution in [-0.4, -0.2) is 14.6 Å². The normalized spacial score (nSPS) is 17.9. The van der Waals surface area contributed by atoms with Gasteiger partial charge in [-0.15, -0.1) is 0 Å². The van der Waals surface area contributed by atoms with Gasteiger partial charge in [0.1, 0.15) is 6.33 Å². The van der Waals surface area contributed by atoms with Crippen LogP contribution < -0.4 is 0 Å². The van der Waals surface area contributed by atoms with Gasteiger partial charge in [0.2, 0.25) is 0 Å². The summed E-state index contributed by atoms with van der Waals surface area (Å²) in [5.41, 5.74) is 1.75. The van der Waals surface area contributed by atoms with Crippen LogP contribution in [0.3, 0.4) is 0 Å². The molecule has 1 fully saturated rings. The van der Waals surface area contributed by atoms with Crippen LogP contribution in [0.1, 0.15) is 18.4 Å². The second-order valence-electron chi connectivity index (χ2n) is 3.66. The number of rotatable bonds is 1. The fourth-order valence-electron chi connectivity index (χ4n) is 1.81. The summed E-state index contributed by atoms with van der Waals surface area (Å²) < 4.78 is 1.72. The summed E-state index contributed by atoms with van der Waals surface area (Å²) in [6.45, 7) is 0. The molecular formula is C10H8N4. The van der Waals surface area contributed by atoms with Crippen molar-refractivity contribution in [2.45, 2.75) is 18.3 Å². The maximum Gasteiger partial charge on any atom is 0.117 e. The lowest BCUT2D eigenvalue weighted by Crippen LogP contribution is -2.05. The largest absolute Gasteiger partial charge is 0.243 e. The second kappa shape index (κ2) is 2.32. The van der Waals surface area contributed by atoms with Crippen molar-refractivity contribution in [1.29, 1.82) is 5.26 Å². The van der Waals surface area contributed by atoms with Gasteiger partial charge in [0, 0.05) is 11.8 Å². The van der Waals surface area contributed by atoms with E-state index in [9.17, 15) is 0 Å². The average molecular weight is 184 g/mol. The summed E-state index contributed by atoms with van der Waals surface area (Å²) in [6, 6.07) is 4.31. The Morgan fingerprint density at radius 1 is 1.50 bits per heavy atom. The van der Waals surface area contributed by atoms with Crippen molar-refractivity contribution < 1.29 is 0 Å². The molecule has 2 aromatic rings. The number of nitriles is 1. The zero-order valence-corrected chi connectivity index (χ0v) is 7.51. The van der Waals surface area contributed by atoms with Gasteiger partial charge in [-0.25, -0.2) is 9.50 Å². The third-order valence-electron chi connectivity index (χ3n) is 2.81. The molecule has 0 spiro atoms. The molecule has 1 saturated carbocycles. The molecule has 68 valence electrons. The van der Waals surface area contributed by atoms with Gasteiger partial charge in [-0.05, 0) is 18.9 Å². The molecule has 0 amide bonds. The van der Waals surface area contributed by atoms with E-state index in [2.05, 4.69) is 16.2 Å². The lowest BCUT2D eigenvalue weighted by atomic mass is 9.98. The lowest BCUT2D eigenvalue weighted by molar-refractivity contribution is 0.861. The minimum Gasteiger partial charge on any atom is -0.243 e. The average Bonchev–Trinajstić information content (AvgIpc) is 2.87. The molecular weight excluding hydrogens is 176 g/mol. The van der Waals surface area contributed by atoms with Crippen molar-refractivity contribution in [1.82, 2.24) is 14.6 Å². The summed E-state index contributed by atoms with van der Waals surface area (Å²) >= 11 is 0. The molecule has 2 heterocycles. The highest BCUT2D eigenvalue weighted by molar-refractivity contribution is 5.60. The quantitative estimate of drug-likeness (QED) is 0.670. The fourth-order valence-corrected chi connectivity index (χ4v) is 1.81. The van der Waals surface area contributed by atoms with E-state index >= 15 is 0 Å². The Bertz CT molecular complexity index is 530. The van der Waals surface area contributed by atoms with Crippen LogP contribution in [0, 0.1) is 11.3 Å². The van der Waals surface area contributed by atoms with Gasteiger partial charge >= 0.3 is 0 Å². The van der Waals surface area contributed by atoms with Crippen LogP contribution in [0.2, 0.25) is 0 Å². The number of imidazole rings is 1. The highest BCUT2D eigenvalue weighted by atomic mass is 15.2. The Hall–Kier alpha value is -1.89. The molecule has 0 N–H and O–H groups in total. The number of nitrogens with zero attached hydrogens (tertiary/aromatic N) is 4. The summed E-state index contributed by atoms with van der Waals surface area (Å²) in [7, 11) is 0. The Labute approximate surface area is 80.8 Å². The van der Waals surface area contributed by atoms with Gasteiger partial charge in [0.25, 0.3) is 0 Å². The minimum absolute atomic E-state index is 0.260. The van der Waals surface area contributed by atoms with Gasteiger partial charge in [-0.2, -0.15) is 10.4 Å². The summed E-state index contributed by atoms with van der Waals surface area (Å²) in [4.78, 5) is 4.03. The highest BCUT2D eigenvalue weighted by Gasteiger charge is 2.46. The van der Waals surface area contributed by atoms with Crippen molar-refractivity contribution in [3.8, 4) is 6.07 Å².